The van der Waals surface area contributed by atoms with Crippen LogP contribution in [0.15, 0.2) is 18.2 Å². The topological polar surface area (TPSA) is 33.0 Å². The summed E-state index contributed by atoms with van der Waals surface area (Å²) >= 11 is 0. The van der Waals surface area contributed by atoms with Gasteiger partial charge in [0.1, 0.15) is 5.75 Å². The summed E-state index contributed by atoms with van der Waals surface area (Å²) in [5.41, 5.74) is 5.24. The number of nitriles is 1. The summed E-state index contributed by atoms with van der Waals surface area (Å²) in [6.07, 6.45) is 3.79. The van der Waals surface area contributed by atoms with E-state index in [-0.39, 0.29) is 0 Å². The highest BCUT2D eigenvalue weighted by atomic mass is 16.5. The molecule has 0 saturated carbocycles. The van der Waals surface area contributed by atoms with Gasteiger partial charge in [0.15, 0.2) is 0 Å². The van der Waals surface area contributed by atoms with Crippen molar-refractivity contribution >= 4 is 5.57 Å². The lowest BCUT2D eigenvalue weighted by Crippen LogP contribution is -2.07. The average Bonchev–Trinajstić information content (AvgIpc) is 2.92. The summed E-state index contributed by atoms with van der Waals surface area (Å²) in [6.45, 7) is 5.24. The van der Waals surface area contributed by atoms with Crippen LogP contribution in [0.3, 0.4) is 0 Å². The van der Waals surface area contributed by atoms with Gasteiger partial charge in [-0.3, -0.25) is 0 Å². The highest BCUT2D eigenvalue weighted by molar-refractivity contribution is 5.80. The van der Waals surface area contributed by atoms with Crippen LogP contribution >= 0.6 is 0 Å². The standard InChI is InChI=1S/C16H17NO/c1-10(2)14-9-11-3-4-15-13(6-8-18-15)16(11)12(14)5-7-17/h3-5,10,14H,6,8-9H2,1-2H3/b12-5+. The molecular formula is C16H17NO. The maximum atomic E-state index is 9.04. The van der Waals surface area contributed by atoms with Crippen LogP contribution in [0.25, 0.3) is 5.57 Å². The fourth-order valence-electron chi connectivity index (χ4n) is 3.23. The van der Waals surface area contributed by atoms with Gasteiger partial charge in [-0.05, 0) is 41.0 Å². The lowest BCUT2D eigenvalue weighted by molar-refractivity contribution is 0.357. The minimum absolute atomic E-state index is 0.478. The van der Waals surface area contributed by atoms with Gasteiger partial charge in [-0.2, -0.15) is 5.26 Å². The van der Waals surface area contributed by atoms with E-state index in [1.54, 1.807) is 6.08 Å². The van der Waals surface area contributed by atoms with Crippen LogP contribution in [0.1, 0.15) is 30.5 Å². The fourth-order valence-corrected chi connectivity index (χ4v) is 3.23. The van der Waals surface area contributed by atoms with Crippen LogP contribution < -0.4 is 4.74 Å². The zero-order valence-electron chi connectivity index (χ0n) is 10.9. The quantitative estimate of drug-likeness (QED) is 0.704. The second-order valence-corrected chi connectivity index (χ2v) is 5.46. The molecule has 1 atom stereocenters. The number of allylic oxidation sites excluding steroid dienone is 2. The number of nitrogens with zero attached hydrogens (tertiary/aromatic N) is 1. The summed E-state index contributed by atoms with van der Waals surface area (Å²) in [4.78, 5) is 0. The number of benzene rings is 1. The molecule has 0 fully saturated rings. The molecule has 0 aromatic heterocycles. The number of hydrogen-bond donors (Lipinski definition) is 0. The third-order valence-electron chi connectivity index (χ3n) is 4.12. The number of hydrogen-bond acceptors (Lipinski definition) is 2. The smallest absolute Gasteiger partial charge is 0.123 e. The normalized spacial score (nSPS) is 22.8. The molecule has 1 unspecified atom stereocenters. The van der Waals surface area contributed by atoms with E-state index in [4.69, 9.17) is 10.00 Å². The Hall–Kier alpha value is -1.75. The maximum absolute atomic E-state index is 9.04. The summed E-state index contributed by atoms with van der Waals surface area (Å²) in [6, 6.07) is 6.49. The number of rotatable bonds is 1. The van der Waals surface area contributed by atoms with Crippen molar-refractivity contribution in [2.45, 2.75) is 26.7 Å². The van der Waals surface area contributed by atoms with E-state index >= 15 is 0 Å². The van der Waals surface area contributed by atoms with Crippen molar-refractivity contribution in [3.63, 3.8) is 0 Å². The molecule has 0 saturated heterocycles. The molecule has 1 heterocycles. The maximum Gasteiger partial charge on any atom is 0.123 e. The van der Waals surface area contributed by atoms with Gasteiger partial charge in [0.05, 0.1) is 12.7 Å². The van der Waals surface area contributed by atoms with Crippen LogP contribution in [-0.2, 0) is 12.8 Å². The van der Waals surface area contributed by atoms with Crippen molar-refractivity contribution < 1.29 is 4.74 Å². The van der Waals surface area contributed by atoms with Crippen LogP contribution in [0.5, 0.6) is 5.75 Å². The van der Waals surface area contributed by atoms with E-state index in [9.17, 15) is 0 Å². The molecule has 1 aromatic rings. The van der Waals surface area contributed by atoms with Gasteiger partial charge in [0, 0.05) is 18.1 Å². The predicted molar refractivity (Wildman–Crippen MR) is 71.3 cm³/mol. The average molecular weight is 239 g/mol. The van der Waals surface area contributed by atoms with Crippen LogP contribution in [0, 0.1) is 23.2 Å². The molecule has 18 heavy (non-hydrogen) atoms. The molecule has 2 heteroatoms. The molecule has 92 valence electrons. The molecule has 0 radical (unpaired) electrons. The largest absolute Gasteiger partial charge is 0.493 e. The highest BCUT2D eigenvalue weighted by Gasteiger charge is 2.33. The molecule has 3 rings (SSSR count). The Morgan fingerprint density at radius 2 is 2.28 bits per heavy atom. The fraction of sp³-hybridized carbons (Fsp3) is 0.438. The molecular weight excluding hydrogens is 222 g/mol. The van der Waals surface area contributed by atoms with E-state index in [2.05, 4.69) is 32.0 Å². The van der Waals surface area contributed by atoms with Gasteiger partial charge in [-0.25, -0.2) is 0 Å². The Balaban J connectivity index is 2.17. The van der Waals surface area contributed by atoms with Crippen molar-refractivity contribution in [1.82, 2.24) is 0 Å². The van der Waals surface area contributed by atoms with Crippen molar-refractivity contribution in [3.8, 4) is 11.8 Å². The SMILES string of the molecule is CC(C)C1Cc2ccc3c(c2/C1=C/C#N)CCO3. The second-order valence-electron chi connectivity index (χ2n) is 5.46. The van der Waals surface area contributed by atoms with Gasteiger partial charge in [0.25, 0.3) is 0 Å². The molecule has 1 aliphatic carbocycles. The molecule has 2 aliphatic rings. The zero-order valence-corrected chi connectivity index (χ0v) is 10.9. The van der Waals surface area contributed by atoms with Gasteiger partial charge >= 0.3 is 0 Å². The first-order valence-electron chi connectivity index (χ1n) is 6.60. The zero-order chi connectivity index (χ0) is 12.7. The minimum Gasteiger partial charge on any atom is -0.493 e. The first-order valence-corrected chi connectivity index (χ1v) is 6.60. The van der Waals surface area contributed by atoms with Crippen LogP contribution in [0.4, 0.5) is 0 Å². The second kappa shape index (κ2) is 4.17. The van der Waals surface area contributed by atoms with E-state index in [1.807, 2.05) is 0 Å². The lowest BCUT2D eigenvalue weighted by atomic mass is 9.87. The van der Waals surface area contributed by atoms with E-state index in [0.717, 1.165) is 25.2 Å². The Morgan fingerprint density at radius 3 is 3.00 bits per heavy atom. The Bertz CT molecular complexity index is 563. The van der Waals surface area contributed by atoms with Gasteiger partial charge in [0.2, 0.25) is 0 Å². The van der Waals surface area contributed by atoms with Gasteiger partial charge in [-0.15, -0.1) is 0 Å². The first kappa shape index (κ1) is 11.3. The third-order valence-corrected chi connectivity index (χ3v) is 4.12. The Kier molecular flexibility index (Phi) is 2.63. The molecule has 0 bridgehead atoms. The summed E-state index contributed by atoms with van der Waals surface area (Å²) < 4.78 is 5.64. The summed E-state index contributed by atoms with van der Waals surface area (Å²) in [5, 5.41) is 9.04. The van der Waals surface area contributed by atoms with E-state index in [0.29, 0.717) is 11.8 Å². The van der Waals surface area contributed by atoms with Gasteiger partial charge < -0.3 is 4.74 Å². The van der Waals surface area contributed by atoms with Crippen molar-refractivity contribution in [3.05, 3.63) is 34.9 Å². The summed E-state index contributed by atoms with van der Waals surface area (Å²) in [7, 11) is 0. The van der Waals surface area contributed by atoms with Crippen LogP contribution in [0.2, 0.25) is 0 Å². The monoisotopic (exact) mass is 239 g/mol. The van der Waals surface area contributed by atoms with Crippen molar-refractivity contribution in [2.24, 2.45) is 11.8 Å². The Labute approximate surface area is 108 Å². The molecule has 0 spiro atoms. The highest BCUT2D eigenvalue weighted by Crippen LogP contribution is 2.46. The first-order chi connectivity index (χ1) is 8.72. The lowest BCUT2D eigenvalue weighted by Gasteiger charge is -2.16. The minimum atomic E-state index is 0.478. The van der Waals surface area contributed by atoms with E-state index in [1.165, 1.54) is 22.3 Å². The summed E-state index contributed by atoms with van der Waals surface area (Å²) in [5.74, 6) is 2.06. The Morgan fingerprint density at radius 1 is 1.44 bits per heavy atom. The molecule has 1 aromatic carbocycles. The predicted octanol–water partition coefficient (Wildman–Crippen LogP) is 3.36. The molecule has 0 N–H and O–H groups in total. The van der Waals surface area contributed by atoms with Gasteiger partial charge in [-0.1, -0.05) is 19.9 Å². The molecule has 2 nitrogen and oxygen atoms in total. The molecule has 1 aliphatic heterocycles. The number of fused-ring (bicyclic) bond motifs is 3. The van der Waals surface area contributed by atoms with Crippen molar-refractivity contribution in [1.29, 1.82) is 5.26 Å². The molecule has 0 amide bonds. The van der Waals surface area contributed by atoms with Crippen LogP contribution in [-0.4, -0.2) is 6.61 Å². The third kappa shape index (κ3) is 1.54. The van der Waals surface area contributed by atoms with E-state index < -0.39 is 0 Å². The number of ether oxygens (including phenoxy) is 1. The van der Waals surface area contributed by atoms with Crippen molar-refractivity contribution in [2.75, 3.05) is 6.61 Å².